The summed E-state index contributed by atoms with van der Waals surface area (Å²) in [4.78, 5) is 81.1. The van der Waals surface area contributed by atoms with Gasteiger partial charge in [0.25, 0.3) is 11.8 Å². The third-order valence-corrected chi connectivity index (χ3v) is 7.42. The standard InChI is InChI=1S/C32H42N6O6/c1-21(2)27(28(40)32(44)33-20-26(39)38-17-15-37(4)16-18-38)36-29(41)22(3)34-31(43)25(19-23-11-7-5-8-12-23)35-30(42)24-13-9-6-10-14-24/h5-14,21-22,25,27H,15-20H2,1-4H3,(H,33,44)(H,34,43)(H,35,42)(H,36,41)/t22-,25-,27-/m0/s1. The Morgan fingerprint density at radius 1 is 0.750 bits per heavy atom. The van der Waals surface area contributed by atoms with E-state index >= 15 is 0 Å². The van der Waals surface area contributed by atoms with Gasteiger partial charge in [-0.15, -0.1) is 0 Å². The van der Waals surface area contributed by atoms with E-state index in [-0.39, 0.29) is 18.9 Å². The van der Waals surface area contributed by atoms with Gasteiger partial charge in [-0.05, 0) is 37.6 Å². The van der Waals surface area contributed by atoms with Crippen molar-refractivity contribution in [2.24, 2.45) is 5.92 Å². The maximum absolute atomic E-state index is 13.3. The second kappa shape index (κ2) is 16.3. The molecule has 1 heterocycles. The highest BCUT2D eigenvalue weighted by atomic mass is 16.2. The molecule has 0 radical (unpaired) electrons. The fourth-order valence-corrected chi connectivity index (χ4v) is 4.63. The number of carbonyl (C=O) groups is 6. The maximum Gasteiger partial charge on any atom is 0.290 e. The van der Waals surface area contributed by atoms with Crippen molar-refractivity contribution < 1.29 is 28.8 Å². The van der Waals surface area contributed by atoms with E-state index in [9.17, 15) is 28.8 Å². The van der Waals surface area contributed by atoms with Crippen molar-refractivity contribution in [1.29, 1.82) is 0 Å². The molecule has 0 aliphatic carbocycles. The molecule has 0 unspecified atom stereocenters. The van der Waals surface area contributed by atoms with Crippen LogP contribution in [0.1, 0.15) is 36.7 Å². The predicted octanol–water partition coefficient (Wildman–Crippen LogP) is 0.133. The topological polar surface area (TPSA) is 157 Å². The number of hydrogen-bond donors (Lipinski definition) is 4. The number of piperazine rings is 1. The molecule has 0 spiro atoms. The van der Waals surface area contributed by atoms with Crippen LogP contribution >= 0.6 is 0 Å². The molecule has 0 saturated carbocycles. The lowest BCUT2D eigenvalue weighted by molar-refractivity contribution is -0.142. The lowest BCUT2D eigenvalue weighted by Crippen LogP contribution is -2.57. The van der Waals surface area contributed by atoms with Gasteiger partial charge in [0.05, 0.1) is 12.6 Å². The van der Waals surface area contributed by atoms with Crippen molar-refractivity contribution in [2.75, 3.05) is 39.8 Å². The molecule has 0 bridgehead atoms. The van der Waals surface area contributed by atoms with Crippen LogP contribution in [0.4, 0.5) is 0 Å². The van der Waals surface area contributed by atoms with Gasteiger partial charge in [0.2, 0.25) is 23.5 Å². The van der Waals surface area contributed by atoms with E-state index in [4.69, 9.17) is 0 Å². The average Bonchev–Trinajstić information content (AvgIpc) is 3.02. The minimum Gasteiger partial charge on any atom is -0.344 e. The van der Waals surface area contributed by atoms with Crippen LogP contribution in [0.5, 0.6) is 0 Å². The summed E-state index contributed by atoms with van der Waals surface area (Å²) < 4.78 is 0. The molecule has 4 N–H and O–H groups in total. The van der Waals surface area contributed by atoms with Crippen molar-refractivity contribution in [1.82, 2.24) is 31.1 Å². The van der Waals surface area contributed by atoms with Crippen LogP contribution in [0.3, 0.4) is 0 Å². The number of hydrogen-bond acceptors (Lipinski definition) is 7. The number of nitrogens with one attached hydrogen (secondary N) is 4. The third-order valence-electron chi connectivity index (χ3n) is 7.42. The normalized spacial score (nSPS) is 15.4. The molecule has 1 aliphatic rings. The summed E-state index contributed by atoms with van der Waals surface area (Å²) in [5.74, 6) is -4.33. The zero-order valence-corrected chi connectivity index (χ0v) is 25.7. The molecule has 3 rings (SSSR count). The number of carbonyl (C=O) groups excluding carboxylic acids is 6. The Kier molecular flexibility index (Phi) is 12.6. The van der Waals surface area contributed by atoms with Gasteiger partial charge in [-0.1, -0.05) is 62.4 Å². The first-order valence-electron chi connectivity index (χ1n) is 14.7. The lowest BCUT2D eigenvalue weighted by atomic mass is 9.98. The Morgan fingerprint density at radius 2 is 1.34 bits per heavy atom. The largest absolute Gasteiger partial charge is 0.344 e. The molecular weight excluding hydrogens is 564 g/mol. The number of benzene rings is 2. The van der Waals surface area contributed by atoms with E-state index in [1.807, 2.05) is 37.4 Å². The van der Waals surface area contributed by atoms with Crippen molar-refractivity contribution >= 4 is 35.3 Å². The zero-order chi connectivity index (χ0) is 32.2. The molecule has 1 saturated heterocycles. The highest BCUT2D eigenvalue weighted by Gasteiger charge is 2.32. The number of rotatable bonds is 13. The SMILES string of the molecule is CC(C)[C@H](NC(=O)[C@H](C)NC(=O)[C@H](Cc1ccccc1)NC(=O)c1ccccc1)C(=O)C(=O)NCC(=O)N1CCN(C)CC1. The van der Waals surface area contributed by atoms with Gasteiger partial charge in [-0.3, -0.25) is 28.8 Å². The lowest BCUT2D eigenvalue weighted by Gasteiger charge is -2.32. The smallest absolute Gasteiger partial charge is 0.290 e. The highest BCUT2D eigenvalue weighted by Crippen LogP contribution is 2.08. The van der Waals surface area contributed by atoms with E-state index in [2.05, 4.69) is 26.2 Å². The van der Waals surface area contributed by atoms with Gasteiger partial charge in [0, 0.05) is 38.2 Å². The molecule has 236 valence electrons. The van der Waals surface area contributed by atoms with E-state index < -0.39 is 53.5 Å². The van der Waals surface area contributed by atoms with Gasteiger partial charge >= 0.3 is 0 Å². The number of nitrogens with zero attached hydrogens (tertiary/aromatic N) is 2. The molecule has 44 heavy (non-hydrogen) atoms. The summed E-state index contributed by atoms with van der Waals surface area (Å²) in [6, 6.07) is 14.3. The van der Waals surface area contributed by atoms with Gasteiger partial charge in [-0.25, -0.2) is 0 Å². The number of Topliss-reactive ketones (excluding diaryl/α,β-unsaturated/α-hetero) is 1. The molecule has 0 aromatic heterocycles. The first kappa shape index (κ1) is 33.9. The van der Waals surface area contributed by atoms with Gasteiger partial charge in [0.15, 0.2) is 0 Å². The third kappa shape index (κ3) is 10.0. The number of amides is 5. The van der Waals surface area contributed by atoms with E-state index in [1.54, 1.807) is 49.1 Å². The molecule has 2 aromatic carbocycles. The van der Waals surface area contributed by atoms with E-state index in [0.717, 1.165) is 18.7 Å². The van der Waals surface area contributed by atoms with Crippen molar-refractivity contribution in [3.63, 3.8) is 0 Å². The Bertz CT molecular complexity index is 1310. The zero-order valence-electron chi connectivity index (χ0n) is 25.7. The Hall–Kier alpha value is -4.58. The minimum absolute atomic E-state index is 0.180. The van der Waals surface area contributed by atoms with Gasteiger partial charge < -0.3 is 31.1 Å². The molecule has 1 fully saturated rings. The summed E-state index contributed by atoms with van der Waals surface area (Å²) in [5, 5.41) is 10.3. The summed E-state index contributed by atoms with van der Waals surface area (Å²) in [5.41, 5.74) is 1.19. The fraction of sp³-hybridized carbons (Fsp3) is 0.438. The first-order valence-corrected chi connectivity index (χ1v) is 14.7. The highest BCUT2D eigenvalue weighted by molar-refractivity contribution is 6.38. The number of likely N-dealkylation sites (N-methyl/N-ethyl adjacent to an activating group) is 1. The average molecular weight is 607 g/mol. The second-order valence-corrected chi connectivity index (χ2v) is 11.3. The van der Waals surface area contributed by atoms with Crippen LogP contribution in [0, 0.1) is 5.92 Å². The van der Waals surface area contributed by atoms with Crippen LogP contribution in [0.15, 0.2) is 60.7 Å². The van der Waals surface area contributed by atoms with E-state index in [1.165, 1.54) is 6.92 Å². The van der Waals surface area contributed by atoms with Crippen LogP contribution in [0.2, 0.25) is 0 Å². The molecule has 3 atom stereocenters. The second-order valence-electron chi connectivity index (χ2n) is 11.3. The summed E-state index contributed by atoms with van der Waals surface area (Å²) >= 11 is 0. The molecule has 1 aliphatic heterocycles. The Morgan fingerprint density at radius 3 is 1.93 bits per heavy atom. The molecular formula is C32H42N6O6. The molecule has 5 amide bonds. The van der Waals surface area contributed by atoms with Crippen molar-refractivity contribution in [3.05, 3.63) is 71.8 Å². The van der Waals surface area contributed by atoms with Crippen molar-refractivity contribution in [3.8, 4) is 0 Å². The minimum atomic E-state index is -1.18. The predicted molar refractivity (Wildman–Crippen MR) is 164 cm³/mol. The summed E-state index contributed by atoms with van der Waals surface area (Å²) in [6.07, 6.45) is 0.180. The van der Waals surface area contributed by atoms with Gasteiger partial charge in [-0.2, -0.15) is 0 Å². The first-order chi connectivity index (χ1) is 21.0. The van der Waals surface area contributed by atoms with Crippen LogP contribution in [0.25, 0.3) is 0 Å². The quantitative estimate of drug-likeness (QED) is 0.236. The van der Waals surface area contributed by atoms with E-state index in [0.29, 0.717) is 18.7 Å². The van der Waals surface area contributed by atoms with Crippen molar-refractivity contribution in [2.45, 2.75) is 45.3 Å². The summed E-state index contributed by atoms with van der Waals surface area (Å²) in [6.45, 7) is 6.99. The fourth-order valence-electron chi connectivity index (χ4n) is 4.63. The molecule has 2 aromatic rings. The Labute approximate surface area is 257 Å². The number of ketones is 1. The summed E-state index contributed by atoms with van der Waals surface area (Å²) in [7, 11) is 1.96. The monoisotopic (exact) mass is 606 g/mol. The van der Waals surface area contributed by atoms with Crippen LogP contribution in [-0.4, -0.2) is 103 Å². The van der Waals surface area contributed by atoms with Crippen LogP contribution in [-0.2, 0) is 30.4 Å². The molecule has 12 heteroatoms. The van der Waals surface area contributed by atoms with Gasteiger partial charge in [0.1, 0.15) is 12.1 Å². The molecule has 12 nitrogen and oxygen atoms in total. The maximum atomic E-state index is 13.3. The van der Waals surface area contributed by atoms with Crippen LogP contribution < -0.4 is 21.3 Å². The Balaban J connectivity index is 1.59.